The lowest BCUT2D eigenvalue weighted by molar-refractivity contribution is -0.118. The molecule has 1 aliphatic heterocycles. The third-order valence-electron chi connectivity index (χ3n) is 5.17. The molecule has 1 N–H and O–H groups in total. The van der Waals surface area contributed by atoms with E-state index in [1.165, 1.54) is 0 Å². The van der Waals surface area contributed by atoms with E-state index in [1.54, 1.807) is 12.1 Å². The lowest BCUT2D eigenvalue weighted by Crippen LogP contribution is -2.36. The fourth-order valence-corrected chi connectivity index (χ4v) is 3.64. The van der Waals surface area contributed by atoms with Gasteiger partial charge in [0, 0.05) is 13.1 Å². The van der Waals surface area contributed by atoms with Crippen molar-refractivity contribution < 1.29 is 14.3 Å². The van der Waals surface area contributed by atoms with E-state index in [-0.39, 0.29) is 18.4 Å². The smallest absolute Gasteiger partial charge is 0.262 e. The first kappa shape index (κ1) is 19.0. The minimum atomic E-state index is -0.294. The van der Waals surface area contributed by atoms with E-state index in [2.05, 4.69) is 5.32 Å². The first-order valence-corrected chi connectivity index (χ1v) is 10.0. The largest absolute Gasteiger partial charge is 0.484 e. The van der Waals surface area contributed by atoms with Crippen molar-refractivity contribution >= 4 is 28.3 Å². The van der Waals surface area contributed by atoms with Crippen molar-refractivity contribution in [2.45, 2.75) is 19.3 Å². The van der Waals surface area contributed by atoms with Crippen LogP contribution in [-0.4, -0.2) is 36.4 Å². The van der Waals surface area contributed by atoms with Gasteiger partial charge in [0.15, 0.2) is 6.61 Å². The van der Waals surface area contributed by atoms with Crippen LogP contribution in [0.5, 0.6) is 5.75 Å². The van der Waals surface area contributed by atoms with Crippen molar-refractivity contribution in [2.24, 2.45) is 0 Å². The first-order chi connectivity index (χ1) is 14.2. The van der Waals surface area contributed by atoms with E-state index in [4.69, 9.17) is 4.74 Å². The number of anilines is 1. The van der Waals surface area contributed by atoms with Gasteiger partial charge in [-0.25, -0.2) is 0 Å². The van der Waals surface area contributed by atoms with E-state index < -0.39 is 0 Å². The van der Waals surface area contributed by atoms with E-state index >= 15 is 0 Å². The highest BCUT2D eigenvalue weighted by Crippen LogP contribution is 2.22. The maximum Gasteiger partial charge on any atom is 0.262 e. The average Bonchev–Trinajstić information content (AvgIpc) is 2.78. The molecule has 5 nitrogen and oxygen atoms in total. The number of para-hydroxylation sites is 1. The van der Waals surface area contributed by atoms with Crippen LogP contribution in [0.4, 0.5) is 5.69 Å². The number of hydrogen-bond acceptors (Lipinski definition) is 3. The second-order valence-electron chi connectivity index (χ2n) is 7.24. The zero-order valence-electron chi connectivity index (χ0n) is 16.3. The second-order valence-corrected chi connectivity index (χ2v) is 7.24. The Morgan fingerprint density at radius 2 is 1.59 bits per heavy atom. The molecule has 0 atom stereocenters. The number of amides is 2. The molecule has 148 valence electrons. The van der Waals surface area contributed by atoms with Gasteiger partial charge < -0.3 is 15.0 Å². The number of nitrogens with one attached hydrogen (secondary N) is 1. The van der Waals surface area contributed by atoms with Gasteiger partial charge in [0.2, 0.25) is 0 Å². The molecular formula is C24H24N2O3. The molecule has 1 fully saturated rings. The zero-order chi connectivity index (χ0) is 20.1. The van der Waals surface area contributed by atoms with Crippen molar-refractivity contribution in [3.63, 3.8) is 0 Å². The monoisotopic (exact) mass is 388 g/mol. The van der Waals surface area contributed by atoms with Crippen LogP contribution in [0, 0.1) is 0 Å². The molecule has 1 saturated heterocycles. The first-order valence-electron chi connectivity index (χ1n) is 10.0. The van der Waals surface area contributed by atoms with Crippen molar-refractivity contribution in [2.75, 3.05) is 25.0 Å². The van der Waals surface area contributed by atoms with Gasteiger partial charge in [-0.3, -0.25) is 9.59 Å². The number of benzene rings is 3. The van der Waals surface area contributed by atoms with Crippen molar-refractivity contribution in [1.82, 2.24) is 4.90 Å². The number of fused-ring (bicyclic) bond motifs is 1. The summed E-state index contributed by atoms with van der Waals surface area (Å²) in [4.78, 5) is 27.1. The van der Waals surface area contributed by atoms with Crippen LogP contribution in [0.15, 0.2) is 66.7 Å². The number of hydrogen-bond donors (Lipinski definition) is 1. The lowest BCUT2D eigenvalue weighted by Gasteiger charge is -2.27. The quantitative estimate of drug-likeness (QED) is 0.701. The standard InChI is InChI=1S/C24H24N2O3/c27-23(17-29-20-13-12-18-8-2-3-9-19(18)16-20)25-22-11-5-4-10-21(22)24(28)26-14-6-1-7-15-26/h2-5,8-13,16H,1,6-7,14-15,17H2,(H,25,27). The number of ether oxygens (including phenoxy) is 1. The van der Waals surface area contributed by atoms with E-state index in [0.717, 1.165) is 43.1 Å². The maximum atomic E-state index is 12.8. The highest BCUT2D eigenvalue weighted by Gasteiger charge is 2.21. The average molecular weight is 388 g/mol. The van der Waals surface area contributed by atoms with E-state index in [0.29, 0.717) is 17.0 Å². The maximum absolute atomic E-state index is 12.8. The summed E-state index contributed by atoms with van der Waals surface area (Å²) in [6.45, 7) is 1.42. The van der Waals surface area contributed by atoms with Crippen LogP contribution < -0.4 is 10.1 Å². The Morgan fingerprint density at radius 3 is 2.41 bits per heavy atom. The molecule has 0 unspecified atom stereocenters. The SMILES string of the molecule is O=C(COc1ccc2ccccc2c1)Nc1ccccc1C(=O)N1CCCCC1. The Bertz CT molecular complexity index is 1030. The molecule has 0 spiro atoms. The van der Waals surface area contributed by atoms with Gasteiger partial charge in [-0.05, 0) is 54.3 Å². The predicted molar refractivity (Wildman–Crippen MR) is 114 cm³/mol. The summed E-state index contributed by atoms with van der Waals surface area (Å²) in [6.07, 6.45) is 3.22. The Labute approximate surface area is 170 Å². The minimum absolute atomic E-state index is 0.0314. The number of rotatable bonds is 5. The molecular weight excluding hydrogens is 364 g/mol. The molecule has 1 aliphatic rings. The molecule has 3 aromatic carbocycles. The third-order valence-corrected chi connectivity index (χ3v) is 5.17. The molecule has 0 aliphatic carbocycles. The molecule has 0 radical (unpaired) electrons. The van der Waals surface area contributed by atoms with Gasteiger partial charge in [0.25, 0.3) is 11.8 Å². The van der Waals surface area contributed by atoms with Crippen LogP contribution in [0.25, 0.3) is 10.8 Å². The summed E-state index contributed by atoms with van der Waals surface area (Å²) in [7, 11) is 0. The van der Waals surface area contributed by atoms with Crippen LogP contribution in [0.2, 0.25) is 0 Å². The highest BCUT2D eigenvalue weighted by molar-refractivity contribution is 6.04. The number of nitrogens with zero attached hydrogens (tertiary/aromatic N) is 1. The summed E-state index contributed by atoms with van der Waals surface area (Å²) >= 11 is 0. The van der Waals surface area contributed by atoms with Gasteiger partial charge in [-0.1, -0.05) is 42.5 Å². The van der Waals surface area contributed by atoms with Gasteiger partial charge in [-0.15, -0.1) is 0 Å². The predicted octanol–water partition coefficient (Wildman–Crippen LogP) is 4.48. The summed E-state index contributed by atoms with van der Waals surface area (Å²) in [5.41, 5.74) is 1.05. The number of carbonyl (C=O) groups excluding carboxylic acids is 2. The van der Waals surface area contributed by atoms with Crippen molar-refractivity contribution in [1.29, 1.82) is 0 Å². The Hall–Kier alpha value is -3.34. The molecule has 0 bridgehead atoms. The van der Waals surface area contributed by atoms with Crippen LogP contribution in [0.3, 0.4) is 0 Å². The van der Waals surface area contributed by atoms with Gasteiger partial charge in [0.1, 0.15) is 5.75 Å². The van der Waals surface area contributed by atoms with Crippen LogP contribution in [-0.2, 0) is 4.79 Å². The van der Waals surface area contributed by atoms with Gasteiger partial charge in [0.05, 0.1) is 11.3 Å². The Balaban J connectivity index is 1.41. The number of likely N-dealkylation sites (tertiary alicyclic amines) is 1. The number of carbonyl (C=O) groups is 2. The normalized spacial score (nSPS) is 13.9. The molecule has 0 saturated carbocycles. The fraction of sp³-hybridized carbons (Fsp3) is 0.250. The summed E-state index contributed by atoms with van der Waals surface area (Å²) in [5.74, 6) is 0.310. The summed E-state index contributed by atoms with van der Waals surface area (Å²) in [6, 6.07) is 20.9. The number of piperidine rings is 1. The molecule has 3 aromatic rings. The molecule has 1 heterocycles. The Kier molecular flexibility index (Phi) is 5.75. The zero-order valence-corrected chi connectivity index (χ0v) is 16.3. The molecule has 5 heteroatoms. The summed E-state index contributed by atoms with van der Waals surface area (Å²) < 4.78 is 5.66. The molecule has 29 heavy (non-hydrogen) atoms. The van der Waals surface area contributed by atoms with E-state index in [1.807, 2.05) is 59.5 Å². The Morgan fingerprint density at radius 1 is 0.862 bits per heavy atom. The van der Waals surface area contributed by atoms with Crippen molar-refractivity contribution in [3.8, 4) is 5.75 Å². The summed E-state index contributed by atoms with van der Waals surface area (Å²) in [5, 5.41) is 5.00. The van der Waals surface area contributed by atoms with Crippen molar-refractivity contribution in [3.05, 3.63) is 72.3 Å². The topological polar surface area (TPSA) is 58.6 Å². The van der Waals surface area contributed by atoms with Gasteiger partial charge >= 0.3 is 0 Å². The second kappa shape index (κ2) is 8.78. The lowest BCUT2D eigenvalue weighted by atomic mass is 10.1. The molecule has 2 amide bonds. The third kappa shape index (κ3) is 4.57. The van der Waals surface area contributed by atoms with Crippen LogP contribution in [0.1, 0.15) is 29.6 Å². The van der Waals surface area contributed by atoms with Crippen LogP contribution >= 0.6 is 0 Å². The fourth-order valence-electron chi connectivity index (χ4n) is 3.64. The van der Waals surface area contributed by atoms with Gasteiger partial charge in [-0.2, -0.15) is 0 Å². The molecule has 4 rings (SSSR count). The minimum Gasteiger partial charge on any atom is -0.484 e. The highest BCUT2D eigenvalue weighted by atomic mass is 16.5. The molecule has 0 aromatic heterocycles. The van der Waals surface area contributed by atoms with E-state index in [9.17, 15) is 9.59 Å².